The molecule has 4 heteroatoms. The third-order valence-electron chi connectivity index (χ3n) is 2.25. The summed E-state index contributed by atoms with van der Waals surface area (Å²) in [6.07, 6.45) is 1.19. The van der Waals surface area contributed by atoms with Crippen LogP contribution >= 0.6 is 11.6 Å². The van der Waals surface area contributed by atoms with E-state index in [2.05, 4.69) is 5.32 Å². The Hall–Kier alpha value is -1.22. The van der Waals surface area contributed by atoms with Gasteiger partial charge in [0.25, 0.3) is 0 Å². The van der Waals surface area contributed by atoms with Gasteiger partial charge in [0.15, 0.2) is 0 Å². The van der Waals surface area contributed by atoms with Crippen LogP contribution in [0.15, 0.2) is 24.3 Å². The molecule has 0 aliphatic rings. The molecule has 0 spiro atoms. The van der Waals surface area contributed by atoms with E-state index in [0.29, 0.717) is 31.9 Å². The molecule has 1 aromatic rings. The minimum atomic E-state index is 0.0261. The van der Waals surface area contributed by atoms with Crippen molar-refractivity contribution >= 4 is 17.5 Å². The van der Waals surface area contributed by atoms with Crippen LogP contribution < -0.4 is 10.1 Å². The van der Waals surface area contributed by atoms with Crippen molar-refractivity contribution in [3.63, 3.8) is 0 Å². The van der Waals surface area contributed by atoms with E-state index in [1.54, 1.807) is 0 Å². The van der Waals surface area contributed by atoms with Crippen molar-refractivity contribution < 1.29 is 9.53 Å². The second-order valence-corrected chi connectivity index (χ2v) is 4.18. The fraction of sp³-hybridized carbons (Fsp3) is 0.462. The van der Waals surface area contributed by atoms with Crippen LogP contribution in [0.3, 0.4) is 0 Å². The highest BCUT2D eigenvalue weighted by Gasteiger charge is 1.99. The second kappa shape index (κ2) is 7.96. The van der Waals surface area contributed by atoms with Crippen LogP contribution in [0.25, 0.3) is 0 Å². The van der Waals surface area contributed by atoms with Crippen LogP contribution in [0.1, 0.15) is 18.4 Å². The first-order valence-corrected chi connectivity index (χ1v) is 6.28. The van der Waals surface area contributed by atoms with E-state index in [1.165, 1.54) is 5.56 Å². The molecule has 1 rings (SSSR count). The predicted octanol–water partition coefficient (Wildman–Crippen LogP) is 2.51. The molecule has 0 aliphatic carbocycles. The number of alkyl halides is 1. The fourth-order valence-electron chi connectivity index (χ4n) is 1.31. The summed E-state index contributed by atoms with van der Waals surface area (Å²) in [5.41, 5.74) is 1.20. The Labute approximate surface area is 107 Å². The highest BCUT2D eigenvalue weighted by atomic mass is 35.5. The summed E-state index contributed by atoms with van der Waals surface area (Å²) >= 11 is 5.50. The molecule has 0 saturated carbocycles. The van der Waals surface area contributed by atoms with E-state index in [0.717, 1.165) is 5.75 Å². The van der Waals surface area contributed by atoms with Gasteiger partial charge in [-0.3, -0.25) is 4.79 Å². The predicted molar refractivity (Wildman–Crippen MR) is 69.6 cm³/mol. The van der Waals surface area contributed by atoms with Crippen molar-refractivity contribution in [1.29, 1.82) is 0 Å². The number of hydrogen-bond acceptors (Lipinski definition) is 2. The third kappa shape index (κ3) is 6.17. The highest BCUT2D eigenvalue weighted by molar-refractivity contribution is 6.17. The molecule has 0 bridgehead atoms. The number of aryl methyl sites for hydroxylation is 1. The molecule has 1 aromatic carbocycles. The molecule has 1 N–H and O–H groups in total. The van der Waals surface area contributed by atoms with Gasteiger partial charge in [0, 0.05) is 12.3 Å². The molecule has 17 heavy (non-hydrogen) atoms. The maximum atomic E-state index is 11.2. The second-order valence-electron chi connectivity index (χ2n) is 3.80. The third-order valence-corrected chi connectivity index (χ3v) is 2.52. The van der Waals surface area contributed by atoms with Crippen LogP contribution in [0.5, 0.6) is 5.75 Å². The van der Waals surface area contributed by atoms with Crippen LogP contribution in [0.4, 0.5) is 0 Å². The first kappa shape index (κ1) is 13.8. The number of rotatable bonds is 7. The zero-order valence-electron chi connectivity index (χ0n) is 10.0. The minimum Gasteiger partial charge on any atom is -0.492 e. The number of carbonyl (C=O) groups excluding carboxylic acids is 1. The van der Waals surface area contributed by atoms with Crippen LogP contribution in [-0.2, 0) is 4.79 Å². The van der Waals surface area contributed by atoms with Gasteiger partial charge in [0.05, 0.1) is 6.54 Å². The molecule has 0 heterocycles. The number of halogens is 1. The van der Waals surface area contributed by atoms with Crippen molar-refractivity contribution in [2.24, 2.45) is 0 Å². The summed E-state index contributed by atoms with van der Waals surface area (Å²) in [7, 11) is 0. The normalized spacial score (nSPS) is 10.0. The monoisotopic (exact) mass is 255 g/mol. The van der Waals surface area contributed by atoms with Gasteiger partial charge in [-0.1, -0.05) is 17.7 Å². The van der Waals surface area contributed by atoms with Gasteiger partial charge in [-0.2, -0.15) is 0 Å². The van der Waals surface area contributed by atoms with Crippen LogP contribution in [-0.4, -0.2) is 24.9 Å². The number of amides is 1. The lowest BCUT2D eigenvalue weighted by Gasteiger charge is -2.07. The molecule has 0 aromatic heterocycles. The highest BCUT2D eigenvalue weighted by Crippen LogP contribution is 2.10. The van der Waals surface area contributed by atoms with E-state index in [1.807, 2.05) is 31.2 Å². The van der Waals surface area contributed by atoms with Gasteiger partial charge in [-0.05, 0) is 25.5 Å². The molecule has 0 fully saturated rings. The Morgan fingerprint density at radius 3 is 2.71 bits per heavy atom. The molecule has 1 amide bonds. The van der Waals surface area contributed by atoms with E-state index < -0.39 is 0 Å². The number of nitrogens with one attached hydrogen (secondary N) is 1. The average molecular weight is 256 g/mol. The maximum absolute atomic E-state index is 11.2. The first-order valence-electron chi connectivity index (χ1n) is 5.74. The molecule has 0 aliphatic heterocycles. The van der Waals surface area contributed by atoms with E-state index in [9.17, 15) is 4.79 Å². The SMILES string of the molecule is Cc1ccc(OCCNC(=O)CCCCl)cc1. The van der Waals surface area contributed by atoms with Crippen LogP contribution in [0, 0.1) is 6.92 Å². The first-order chi connectivity index (χ1) is 8.22. The smallest absolute Gasteiger partial charge is 0.220 e. The fourth-order valence-corrected chi connectivity index (χ4v) is 1.44. The summed E-state index contributed by atoms with van der Waals surface area (Å²) in [6, 6.07) is 7.83. The largest absolute Gasteiger partial charge is 0.492 e. The number of carbonyl (C=O) groups is 1. The van der Waals surface area contributed by atoms with Crippen molar-refractivity contribution in [2.45, 2.75) is 19.8 Å². The summed E-state index contributed by atoms with van der Waals surface area (Å²) in [5.74, 6) is 1.37. The zero-order valence-corrected chi connectivity index (χ0v) is 10.8. The maximum Gasteiger partial charge on any atom is 0.220 e. The van der Waals surface area contributed by atoms with E-state index in [4.69, 9.17) is 16.3 Å². The van der Waals surface area contributed by atoms with Gasteiger partial charge < -0.3 is 10.1 Å². The molecule has 3 nitrogen and oxygen atoms in total. The average Bonchev–Trinajstić information content (AvgIpc) is 2.34. The van der Waals surface area contributed by atoms with Gasteiger partial charge in [0.1, 0.15) is 12.4 Å². The summed E-state index contributed by atoms with van der Waals surface area (Å²) in [5, 5.41) is 2.78. The number of hydrogen-bond donors (Lipinski definition) is 1. The van der Waals surface area contributed by atoms with Crippen molar-refractivity contribution in [3.8, 4) is 5.75 Å². The Bertz CT molecular complexity index is 338. The Kier molecular flexibility index (Phi) is 6.48. The summed E-state index contributed by atoms with van der Waals surface area (Å²) in [4.78, 5) is 11.2. The molecule has 94 valence electrons. The lowest BCUT2D eigenvalue weighted by atomic mass is 10.2. The standard InChI is InChI=1S/C13H18ClNO2/c1-11-4-6-12(7-5-11)17-10-9-15-13(16)3-2-8-14/h4-7H,2-3,8-10H2,1H3,(H,15,16). The summed E-state index contributed by atoms with van der Waals surface area (Å²) in [6.45, 7) is 3.03. The van der Waals surface area contributed by atoms with Gasteiger partial charge in [0.2, 0.25) is 5.91 Å². The summed E-state index contributed by atoms with van der Waals surface area (Å²) < 4.78 is 5.48. The Morgan fingerprint density at radius 1 is 1.35 bits per heavy atom. The molecule has 0 unspecified atom stereocenters. The number of ether oxygens (including phenoxy) is 1. The Morgan fingerprint density at radius 2 is 2.06 bits per heavy atom. The molecular formula is C13H18ClNO2. The topological polar surface area (TPSA) is 38.3 Å². The van der Waals surface area contributed by atoms with Gasteiger partial charge in [-0.15, -0.1) is 11.6 Å². The van der Waals surface area contributed by atoms with Crippen molar-refractivity contribution in [1.82, 2.24) is 5.32 Å². The number of benzene rings is 1. The molecule has 0 atom stereocenters. The quantitative estimate of drug-likeness (QED) is 0.601. The van der Waals surface area contributed by atoms with Gasteiger partial charge >= 0.3 is 0 Å². The van der Waals surface area contributed by atoms with Crippen molar-refractivity contribution in [3.05, 3.63) is 29.8 Å². The zero-order chi connectivity index (χ0) is 12.5. The van der Waals surface area contributed by atoms with Crippen LogP contribution in [0.2, 0.25) is 0 Å². The minimum absolute atomic E-state index is 0.0261. The van der Waals surface area contributed by atoms with Crippen molar-refractivity contribution in [2.75, 3.05) is 19.0 Å². The molecule has 0 saturated heterocycles. The molecule has 0 radical (unpaired) electrons. The van der Waals surface area contributed by atoms with Gasteiger partial charge in [-0.25, -0.2) is 0 Å². The molecular weight excluding hydrogens is 238 g/mol. The lowest BCUT2D eigenvalue weighted by molar-refractivity contribution is -0.121. The lowest BCUT2D eigenvalue weighted by Crippen LogP contribution is -2.27. The Balaban J connectivity index is 2.11. The van der Waals surface area contributed by atoms with E-state index >= 15 is 0 Å². The van der Waals surface area contributed by atoms with E-state index in [-0.39, 0.29) is 5.91 Å².